The van der Waals surface area contributed by atoms with Crippen LogP contribution in [0.25, 0.3) is 144 Å². The van der Waals surface area contributed by atoms with Gasteiger partial charge >= 0.3 is 21.4 Å². The summed E-state index contributed by atoms with van der Waals surface area (Å²) in [6.07, 6.45) is 0. The number of fused-ring (bicyclic) bond motifs is 6. The molecule has 3 aliphatic rings. The first kappa shape index (κ1) is 74.1. The fraction of sp³-hybridized carbons (Fsp3) is 0.184. The highest BCUT2D eigenvalue weighted by Crippen LogP contribution is 2.42. The molecule has 12 nitrogen and oxygen atoms in total. The molecule has 0 unspecified atom stereocenters. The SMILES string of the molecule is CC1(C)OB(c2ccc(-c3nc(-c4cc5ccccc5c5ccccc45)nc4ccccc34)cc2)OC1(C)C.CC1(C)OB(c2ccc(-c3nc(-c4ccc(-c5ccccc5)cc4)nc4ccccc34)cc2)OC1(C)C.CC1(C)OB(c2ccc(-c3nc(-c4cccc(-c5ccccc5)c4)nc4ccccc34)cc2)OC1(C)C. The largest absolute Gasteiger partial charge is 0.494 e. The first-order valence-corrected chi connectivity index (χ1v) is 38.8. The smallest absolute Gasteiger partial charge is 0.399 e. The predicted molar refractivity (Wildman–Crippen MR) is 464 cm³/mol. The van der Waals surface area contributed by atoms with Gasteiger partial charge < -0.3 is 27.9 Å². The van der Waals surface area contributed by atoms with Crippen LogP contribution in [0.3, 0.4) is 0 Å². The van der Waals surface area contributed by atoms with E-state index in [0.717, 1.165) is 116 Å². The summed E-state index contributed by atoms with van der Waals surface area (Å²) in [6.45, 7) is 24.9. The van der Waals surface area contributed by atoms with Gasteiger partial charge in [0.2, 0.25) is 0 Å². The van der Waals surface area contributed by atoms with Gasteiger partial charge in [0.05, 0.1) is 67.2 Å². The second kappa shape index (κ2) is 29.5. The van der Waals surface area contributed by atoms with Gasteiger partial charge in [0, 0.05) is 49.5 Å². The average molecular weight is 1480 g/mol. The first-order valence-electron chi connectivity index (χ1n) is 38.8. The number of benzene rings is 13. The highest BCUT2D eigenvalue weighted by Gasteiger charge is 2.54. The van der Waals surface area contributed by atoms with Crippen molar-refractivity contribution in [2.75, 3.05) is 0 Å². The van der Waals surface area contributed by atoms with Crippen LogP contribution in [0.4, 0.5) is 0 Å². The number of hydrogen-bond acceptors (Lipinski definition) is 12. The highest BCUT2D eigenvalue weighted by molar-refractivity contribution is 6.63. The normalized spacial score (nSPS) is 16.3. The summed E-state index contributed by atoms with van der Waals surface area (Å²) in [6, 6.07) is 106. The third kappa shape index (κ3) is 14.5. The van der Waals surface area contributed by atoms with Gasteiger partial charge in [-0.2, -0.15) is 0 Å². The van der Waals surface area contributed by atoms with Crippen molar-refractivity contribution in [1.29, 1.82) is 0 Å². The predicted octanol–water partition coefficient (Wildman–Crippen LogP) is 21.4. The van der Waals surface area contributed by atoms with Crippen molar-refractivity contribution in [3.8, 4) is 90.2 Å². The average Bonchev–Trinajstić information content (AvgIpc) is 1.76. The van der Waals surface area contributed by atoms with Gasteiger partial charge in [-0.1, -0.05) is 279 Å². The summed E-state index contributed by atoms with van der Waals surface area (Å²) < 4.78 is 37.5. The molecule has 3 aromatic heterocycles. The second-order valence-corrected chi connectivity index (χ2v) is 32.5. The summed E-state index contributed by atoms with van der Waals surface area (Å²) in [4.78, 5) is 30.2. The molecule has 554 valence electrons. The topological polar surface area (TPSA) is 133 Å². The lowest BCUT2D eigenvalue weighted by Gasteiger charge is -2.32. The lowest BCUT2D eigenvalue weighted by atomic mass is 9.78. The van der Waals surface area contributed by atoms with Crippen molar-refractivity contribution in [2.24, 2.45) is 0 Å². The van der Waals surface area contributed by atoms with Gasteiger partial charge in [0.1, 0.15) is 0 Å². The zero-order valence-electron chi connectivity index (χ0n) is 65.8. The third-order valence-corrected chi connectivity index (χ3v) is 23.4. The molecule has 0 N–H and O–H groups in total. The van der Waals surface area contributed by atoms with Crippen LogP contribution in [0.5, 0.6) is 0 Å². The molecule has 3 saturated heterocycles. The van der Waals surface area contributed by atoms with Crippen LogP contribution in [0, 0.1) is 0 Å². The minimum absolute atomic E-state index is 0.371. The van der Waals surface area contributed by atoms with Gasteiger partial charge in [-0.15, -0.1) is 0 Å². The van der Waals surface area contributed by atoms with E-state index >= 15 is 0 Å². The Morgan fingerprint density at radius 3 is 0.903 bits per heavy atom. The maximum Gasteiger partial charge on any atom is 0.494 e. The van der Waals surface area contributed by atoms with Crippen molar-refractivity contribution in [2.45, 2.75) is 117 Å². The Morgan fingerprint density at radius 2 is 0.487 bits per heavy atom. The monoisotopic (exact) mass is 1480 g/mol. The number of para-hydroxylation sites is 3. The van der Waals surface area contributed by atoms with E-state index in [1.165, 1.54) is 32.8 Å². The van der Waals surface area contributed by atoms with Gasteiger partial charge in [0.25, 0.3) is 0 Å². The van der Waals surface area contributed by atoms with Crippen LogP contribution in [-0.4, -0.2) is 84.9 Å². The van der Waals surface area contributed by atoms with Crippen molar-refractivity contribution in [3.63, 3.8) is 0 Å². The molecule has 3 fully saturated rings. The van der Waals surface area contributed by atoms with E-state index in [-0.39, 0.29) is 40.7 Å². The minimum Gasteiger partial charge on any atom is -0.399 e. The Labute approximate surface area is 662 Å². The Bertz CT molecular complexity index is 6180. The molecular formula is C98H87B3N6O6. The molecule has 0 spiro atoms. The van der Waals surface area contributed by atoms with Crippen molar-refractivity contribution in [1.82, 2.24) is 29.9 Å². The number of rotatable bonds is 11. The van der Waals surface area contributed by atoms with Gasteiger partial charge in [0.15, 0.2) is 17.5 Å². The quantitative estimate of drug-likeness (QED) is 0.0902. The molecule has 0 amide bonds. The Hall–Kier alpha value is -11.6. The standard InChI is InChI=1S/C34H29BN2O2.2C32H29BN2O2/c1-33(2)34(3,4)39-35(38-33)24-19-17-22(18-20-24)31-28-15-9-10-16-30(28)36-32(37-31)29-21-23-11-5-6-12-25(23)26-13-7-8-14-27(26)29;1-31(2)32(3,4)37-33(36-31)26-19-17-23(18-20-26)29-27-15-8-9-16-28(27)34-30(35-29)25-14-10-13-24(21-25)22-11-6-5-7-12-22;1-31(2)32(3,4)37-33(36-31)26-20-18-24(19-21-26)29-27-12-8-9-13-28(27)34-30(35-29)25-16-14-23(15-17-25)22-10-6-5-7-11-22/h5-21H,1-4H3;2*5-21H,1-4H3. The molecular weight excluding hydrogens is 1390 g/mol. The lowest BCUT2D eigenvalue weighted by Crippen LogP contribution is -2.41. The summed E-state index contributed by atoms with van der Waals surface area (Å²) in [7, 11) is -1.18. The third-order valence-electron chi connectivity index (χ3n) is 23.4. The fourth-order valence-electron chi connectivity index (χ4n) is 14.8. The van der Waals surface area contributed by atoms with Gasteiger partial charge in [-0.05, 0) is 174 Å². The zero-order chi connectivity index (χ0) is 78.0. The Morgan fingerprint density at radius 1 is 0.204 bits per heavy atom. The molecule has 0 radical (unpaired) electrons. The fourth-order valence-corrected chi connectivity index (χ4v) is 14.8. The lowest BCUT2D eigenvalue weighted by molar-refractivity contribution is 0.00578. The van der Waals surface area contributed by atoms with Crippen LogP contribution < -0.4 is 16.4 Å². The Kier molecular flexibility index (Phi) is 19.3. The summed E-state index contributed by atoms with van der Waals surface area (Å²) in [5.41, 5.74) is 17.0. The molecule has 15 heteroatoms. The zero-order valence-corrected chi connectivity index (χ0v) is 65.8. The number of hydrogen-bond donors (Lipinski definition) is 0. The van der Waals surface area contributed by atoms with E-state index in [1.807, 2.05) is 60.7 Å². The van der Waals surface area contributed by atoms with Crippen molar-refractivity contribution in [3.05, 3.63) is 309 Å². The Balaban J connectivity index is 0.000000123. The molecule has 0 saturated carbocycles. The van der Waals surface area contributed by atoms with E-state index < -0.39 is 14.2 Å². The maximum absolute atomic E-state index is 6.27. The molecule has 6 heterocycles. The second-order valence-electron chi connectivity index (χ2n) is 32.5. The molecule has 0 atom stereocenters. The molecule has 16 aromatic rings. The van der Waals surface area contributed by atoms with Crippen LogP contribution in [0.1, 0.15) is 83.1 Å². The van der Waals surface area contributed by atoms with Crippen LogP contribution in [-0.2, 0) is 27.9 Å². The van der Waals surface area contributed by atoms with Crippen LogP contribution in [0.15, 0.2) is 309 Å². The maximum atomic E-state index is 6.27. The van der Waals surface area contributed by atoms with E-state index in [1.54, 1.807) is 0 Å². The van der Waals surface area contributed by atoms with Crippen molar-refractivity contribution < 1.29 is 27.9 Å². The minimum atomic E-state index is -0.397. The number of aromatic nitrogens is 6. The molecule has 13 aromatic carbocycles. The van der Waals surface area contributed by atoms with E-state index in [2.05, 4.69) is 332 Å². The number of nitrogens with zero attached hydrogens (tertiary/aromatic N) is 6. The molecule has 3 aliphatic heterocycles. The first-order chi connectivity index (χ1) is 54.4. The summed E-state index contributed by atoms with van der Waals surface area (Å²) in [5.74, 6) is 2.14. The highest BCUT2D eigenvalue weighted by atomic mass is 16.7. The molecule has 19 rings (SSSR count). The van der Waals surface area contributed by atoms with E-state index in [9.17, 15) is 0 Å². The summed E-state index contributed by atoms with van der Waals surface area (Å²) in [5, 5.41) is 7.83. The summed E-state index contributed by atoms with van der Waals surface area (Å²) >= 11 is 0. The van der Waals surface area contributed by atoms with Crippen LogP contribution in [0.2, 0.25) is 0 Å². The molecule has 0 aliphatic carbocycles. The van der Waals surface area contributed by atoms with E-state index in [4.69, 9.17) is 57.8 Å². The van der Waals surface area contributed by atoms with Gasteiger partial charge in [-0.3, -0.25) is 0 Å². The van der Waals surface area contributed by atoms with Gasteiger partial charge in [-0.25, -0.2) is 29.9 Å². The van der Waals surface area contributed by atoms with Crippen LogP contribution >= 0.6 is 0 Å². The molecule has 0 bridgehead atoms. The van der Waals surface area contributed by atoms with E-state index in [0.29, 0.717) is 11.6 Å². The van der Waals surface area contributed by atoms with Crippen molar-refractivity contribution >= 4 is 92.0 Å². The molecule has 113 heavy (non-hydrogen) atoms.